The highest BCUT2D eigenvalue weighted by atomic mass is 16.5. The van der Waals surface area contributed by atoms with Gasteiger partial charge in [-0.2, -0.15) is 0 Å². The minimum atomic E-state index is -0.683. The molecule has 0 spiro atoms. The number of amides is 2. The first-order valence-electron chi connectivity index (χ1n) is 7.96. The van der Waals surface area contributed by atoms with Crippen molar-refractivity contribution in [3.63, 3.8) is 0 Å². The van der Waals surface area contributed by atoms with E-state index in [9.17, 15) is 9.90 Å². The van der Waals surface area contributed by atoms with Gasteiger partial charge in [-0.15, -0.1) is 0 Å². The Balaban J connectivity index is 1.77. The highest BCUT2D eigenvalue weighted by molar-refractivity contribution is 5.73. The molecule has 1 saturated heterocycles. The first-order valence-corrected chi connectivity index (χ1v) is 7.96. The summed E-state index contributed by atoms with van der Waals surface area (Å²) in [7, 11) is 3.16. The number of aliphatic hydroxyl groups excluding tert-OH is 1. The molecular formula is C16H26N4O3. The van der Waals surface area contributed by atoms with E-state index in [2.05, 4.69) is 15.2 Å². The molecule has 0 aromatic carbocycles. The monoisotopic (exact) mass is 322 g/mol. The number of aliphatic hydroxyl groups is 1. The Morgan fingerprint density at radius 3 is 2.83 bits per heavy atom. The minimum absolute atomic E-state index is 0.208. The molecule has 1 fully saturated rings. The van der Waals surface area contributed by atoms with Gasteiger partial charge in [0.15, 0.2) is 0 Å². The van der Waals surface area contributed by atoms with Crippen LogP contribution >= 0.6 is 0 Å². The number of rotatable bonds is 7. The number of carbonyl (C=O) groups is 1. The Labute approximate surface area is 137 Å². The van der Waals surface area contributed by atoms with Crippen molar-refractivity contribution in [2.24, 2.45) is 0 Å². The fourth-order valence-electron chi connectivity index (χ4n) is 2.61. The van der Waals surface area contributed by atoms with Gasteiger partial charge in [0.2, 0.25) is 0 Å². The van der Waals surface area contributed by atoms with E-state index in [1.54, 1.807) is 13.2 Å². The van der Waals surface area contributed by atoms with E-state index in [1.165, 1.54) is 24.9 Å². The van der Waals surface area contributed by atoms with Gasteiger partial charge in [0.25, 0.3) is 0 Å². The normalized spacial score (nSPS) is 15.5. The Kier molecular flexibility index (Phi) is 6.61. The third-order valence-electron chi connectivity index (χ3n) is 3.87. The zero-order valence-electron chi connectivity index (χ0n) is 13.9. The number of nitrogens with one attached hydrogen (secondary N) is 1. The Hall–Kier alpha value is -1.86. The van der Waals surface area contributed by atoms with Crippen LogP contribution in [0.3, 0.4) is 0 Å². The quantitative estimate of drug-likeness (QED) is 0.777. The van der Waals surface area contributed by atoms with Crippen LogP contribution in [-0.2, 0) is 11.3 Å². The third-order valence-corrected chi connectivity index (χ3v) is 3.87. The number of hydrogen-bond donors (Lipinski definition) is 2. The van der Waals surface area contributed by atoms with Crippen molar-refractivity contribution in [1.82, 2.24) is 15.2 Å². The second-order valence-electron chi connectivity index (χ2n) is 5.87. The standard InChI is InChI=1S/C16H26N4O3/c1-19(11-14(21)12-23-2)16(22)18-10-13-5-6-15(17-9-13)20-7-3-4-8-20/h5-6,9,14,21H,3-4,7-8,10-12H2,1-2H3,(H,18,22). The van der Waals surface area contributed by atoms with Crippen molar-refractivity contribution in [2.45, 2.75) is 25.5 Å². The van der Waals surface area contributed by atoms with Crippen LogP contribution in [0.15, 0.2) is 18.3 Å². The van der Waals surface area contributed by atoms with Crippen LogP contribution in [0, 0.1) is 0 Å². The van der Waals surface area contributed by atoms with Crippen molar-refractivity contribution in [2.75, 3.05) is 45.3 Å². The Morgan fingerprint density at radius 2 is 2.22 bits per heavy atom. The lowest BCUT2D eigenvalue weighted by Gasteiger charge is -2.21. The SMILES string of the molecule is COCC(O)CN(C)C(=O)NCc1ccc(N2CCCC2)nc1. The van der Waals surface area contributed by atoms with Crippen LogP contribution in [0.25, 0.3) is 0 Å². The summed E-state index contributed by atoms with van der Waals surface area (Å²) in [6, 6.07) is 3.75. The average Bonchev–Trinajstić information content (AvgIpc) is 3.07. The average molecular weight is 322 g/mol. The molecular weight excluding hydrogens is 296 g/mol. The number of aromatic nitrogens is 1. The van der Waals surface area contributed by atoms with Crippen LogP contribution in [0.1, 0.15) is 18.4 Å². The van der Waals surface area contributed by atoms with Crippen LogP contribution in [0.4, 0.5) is 10.6 Å². The number of anilines is 1. The van der Waals surface area contributed by atoms with Gasteiger partial charge in [0, 0.05) is 40.0 Å². The second-order valence-corrected chi connectivity index (χ2v) is 5.87. The molecule has 0 bridgehead atoms. The van der Waals surface area contributed by atoms with Gasteiger partial charge in [0.05, 0.1) is 19.3 Å². The van der Waals surface area contributed by atoms with E-state index in [4.69, 9.17) is 4.74 Å². The summed E-state index contributed by atoms with van der Waals surface area (Å²) in [5, 5.41) is 12.4. The number of pyridine rings is 1. The lowest BCUT2D eigenvalue weighted by molar-refractivity contribution is 0.0489. The zero-order chi connectivity index (χ0) is 16.7. The maximum atomic E-state index is 12.0. The zero-order valence-corrected chi connectivity index (χ0v) is 13.9. The summed E-state index contributed by atoms with van der Waals surface area (Å²) < 4.78 is 4.85. The molecule has 2 heterocycles. The molecule has 1 unspecified atom stereocenters. The van der Waals surface area contributed by atoms with Crippen molar-refractivity contribution in [1.29, 1.82) is 0 Å². The molecule has 0 radical (unpaired) electrons. The van der Waals surface area contributed by atoms with Gasteiger partial charge in [-0.25, -0.2) is 9.78 Å². The Morgan fingerprint density at radius 1 is 1.48 bits per heavy atom. The van der Waals surface area contributed by atoms with E-state index in [-0.39, 0.29) is 19.2 Å². The number of ether oxygens (including phenoxy) is 1. The maximum Gasteiger partial charge on any atom is 0.317 e. The van der Waals surface area contributed by atoms with E-state index in [1.807, 2.05) is 12.1 Å². The summed E-state index contributed by atoms with van der Waals surface area (Å²) in [4.78, 5) is 20.1. The molecule has 1 aromatic rings. The van der Waals surface area contributed by atoms with E-state index in [0.29, 0.717) is 6.54 Å². The molecule has 2 amide bonds. The lowest BCUT2D eigenvalue weighted by atomic mass is 10.3. The molecule has 23 heavy (non-hydrogen) atoms. The fourth-order valence-corrected chi connectivity index (χ4v) is 2.61. The molecule has 1 aromatic heterocycles. The Bertz CT molecular complexity index is 489. The minimum Gasteiger partial charge on any atom is -0.389 e. The molecule has 2 N–H and O–H groups in total. The number of carbonyl (C=O) groups excluding carboxylic acids is 1. The van der Waals surface area contributed by atoms with E-state index in [0.717, 1.165) is 24.5 Å². The van der Waals surface area contributed by atoms with Gasteiger partial charge in [-0.3, -0.25) is 0 Å². The maximum absolute atomic E-state index is 12.0. The number of methoxy groups -OCH3 is 1. The molecule has 7 nitrogen and oxygen atoms in total. The lowest BCUT2D eigenvalue weighted by Crippen LogP contribution is -2.42. The summed E-state index contributed by atoms with van der Waals surface area (Å²) >= 11 is 0. The van der Waals surface area contributed by atoms with E-state index < -0.39 is 6.10 Å². The molecule has 2 rings (SSSR count). The van der Waals surface area contributed by atoms with Crippen LogP contribution in [0.2, 0.25) is 0 Å². The largest absolute Gasteiger partial charge is 0.389 e. The van der Waals surface area contributed by atoms with Gasteiger partial charge < -0.3 is 25.0 Å². The first-order chi connectivity index (χ1) is 11.1. The van der Waals surface area contributed by atoms with E-state index >= 15 is 0 Å². The predicted octanol–water partition coefficient (Wildman–Crippen LogP) is 0.830. The summed E-state index contributed by atoms with van der Waals surface area (Å²) in [5.74, 6) is 0.998. The highest BCUT2D eigenvalue weighted by Crippen LogP contribution is 2.17. The second kappa shape index (κ2) is 8.69. The molecule has 128 valence electrons. The third kappa shape index (κ3) is 5.37. The van der Waals surface area contributed by atoms with Crippen LogP contribution in [-0.4, -0.2) is 67.5 Å². The fraction of sp³-hybridized carbons (Fsp3) is 0.625. The number of urea groups is 1. The molecule has 1 aliphatic rings. The molecule has 1 aliphatic heterocycles. The van der Waals surface area contributed by atoms with Crippen molar-refractivity contribution in [3.05, 3.63) is 23.9 Å². The summed E-state index contributed by atoms with van der Waals surface area (Å²) in [5.41, 5.74) is 0.951. The van der Waals surface area contributed by atoms with Crippen molar-refractivity contribution in [3.8, 4) is 0 Å². The van der Waals surface area contributed by atoms with Crippen LogP contribution < -0.4 is 10.2 Å². The summed E-state index contributed by atoms with van der Waals surface area (Å²) in [6.45, 7) is 2.98. The first kappa shape index (κ1) is 17.5. The highest BCUT2D eigenvalue weighted by Gasteiger charge is 2.14. The summed E-state index contributed by atoms with van der Waals surface area (Å²) in [6.07, 6.45) is 3.56. The van der Waals surface area contributed by atoms with Gasteiger partial charge in [-0.1, -0.05) is 6.07 Å². The van der Waals surface area contributed by atoms with Crippen LogP contribution in [0.5, 0.6) is 0 Å². The molecule has 0 saturated carbocycles. The molecule has 0 aliphatic carbocycles. The van der Waals surface area contributed by atoms with Crippen molar-refractivity contribution >= 4 is 11.8 Å². The van der Waals surface area contributed by atoms with Crippen molar-refractivity contribution < 1.29 is 14.6 Å². The topological polar surface area (TPSA) is 77.9 Å². The predicted molar refractivity (Wildman–Crippen MR) is 88.4 cm³/mol. The van der Waals surface area contributed by atoms with Gasteiger partial charge in [-0.05, 0) is 24.5 Å². The molecule has 7 heteroatoms. The van der Waals surface area contributed by atoms with Gasteiger partial charge in [0.1, 0.15) is 5.82 Å². The van der Waals surface area contributed by atoms with Gasteiger partial charge >= 0.3 is 6.03 Å². The smallest absolute Gasteiger partial charge is 0.317 e. The molecule has 1 atom stereocenters. The number of nitrogens with zero attached hydrogens (tertiary/aromatic N) is 3. The number of likely N-dealkylation sites (N-methyl/N-ethyl adjacent to an activating group) is 1. The number of hydrogen-bond acceptors (Lipinski definition) is 5.